The van der Waals surface area contributed by atoms with E-state index in [1.807, 2.05) is 25.7 Å². The van der Waals surface area contributed by atoms with E-state index in [0.29, 0.717) is 32.7 Å². The summed E-state index contributed by atoms with van der Waals surface area (Å²) in [4.78, 5) is 26.9. The van der Waals surface area contributed by atoms with Gasteiger partial charge in [0.05, 0.1) is 7.11 Å². The molecule has 0 spiro atoms. The van der Waals surface area contributed by atoms with Gasteiger partial charge in [0.2, 0.25) is 0 Å². The van der Waals surface area contributed by atoms with Gasteiger partial charge in [-0.05, 0) is 20.8 Å². The molecule has 1 fully saturated rings. The van der Waals surface area contributed by atoms with E-state index in [1.165, 1.54) is 7.11 Å². The lowest BCUT2D eigenvalue weighted by Gasteiger charge is -2.36. The maximum absolute atomic E-state index is 11.9. The molecular weight excluding hydrogens is 262 g/mol. The number of amides is 1. The van der Waals surface area contributed by atoms with Crippen LogP contribution in [0.3, 0.4) is 0 Å². The monoisotopic (exact) mass is 287 g/mol. The van der Waals surface area contributed by atoms with E-state index < -0.39 is 17.6 Å². The number of esters is 1. The number of nitrogens with zero attached hydrogens (tertiary/aromatic N) is 2. The molecule has 1 aliphatic rings. The molecule has 0 bridgehead atoms. The molecular formula is C13H25N3O4. The molecule has 0 aliphatic carbocycles. The van der Waals surface area contributed by atoms with Crippen LogP contribution in [0.25, 0.3) is 0 Å². The molecule has 1 aliphatic heterocycles. The van der Waals surface area contributed by atoms with Gasteiger partial charge in [0.15, 0.2) is 0 Å². The fourth-order valence-electron chi connectivity index (χ4n) is 1.94. The van der Waals surface area contributed by atoms with Crippen molar-refractivity contribution in [3.8, 4) is 0 Å². The summed E-state index contributed by atoms with van der Waals surface area (Å²) in [6.07, 6.45) is -0.297. The van der Waals surface area contributed by atoms with Gasteiger partial charge in [0, 0.05) is 32.7 Å². The summed E-state index contributed by atoms with van der Waals surface area (Å²) < 4.78 is 9.91. The van der Waals surface area contributed by atoms with Crippen LogP contribution in [-0.4, -0.2) is 73.3 Å². The van der Waals surface area contributed by atoms with E-state index in [4.69, 9.17) is 10.5 Å². The quantitative estimate of drug-likeness (QED) is 0.738. The van der Waals surface area contributed by atoms with Crippen LogP contribution in [0.5, 0.6) is 0 Å². The normalized spacial score (nSPS) is 18.6. The predicted molar refractivity (Wildman–Crippen MR) is 74.2 cm³/mol. The van der Waals surface area contributed by atoms with E-state index in [-0.39, 0.29) is 6.09 Å². The number of ether oxygens (including phenoxy) is 2. The topological polar surface area (TPSA) is 85.1 Å². The van der Waals surface area contributed by atoms with E-state index >= 15 is 0 Å². The Balaban J connectivity index is 2.36. The van der Waals surface area contributed by atoms with Gasteiger partial charge in [-0.15, -0.1) is 0 Å². The molecule has 7 nitrogen and oxygen atoms in total. The third-order valence-corrected chi connectivity index (χ3v) is 2.98. The van der Waals surface area contributed by atoms with Crippen LogP contribution in [0.2, 0.25) is 0 Å². The second kappa shape index (κ2) is 6.90. The SMILES string of the molecule is COC(=O)C(N)CN1CCN(C(=O)OC(C)(C)C)CC1. The summed E-state index contributed by atoms with van der Waals surface area (Å²) >= 11 is 0. The highest BCUT2D eigenvalue weighted by molar-refractivity contribution is 5.75. The average molecular weight is 287 g/mol. The molecule has 0 saturated carbocycles. The van der Waals surface area contributed by atoms with Crippen LogP contribution in [0.1, 0.15) is 20.8 Å². The maximum atomic E-state index is 11.9. The molecule has 1 atom stereocenters. The van der Waals surface area contributed by atoms with Crippen molar-refractivity contribution in [3.05, 3.63) is 0 Å². The third-order valence-electron chi connectivity index (χ3n) is 2.98. The van der Waals surface area contributed by atoms with Crippen LogP contribution in [0.4, 0.5) is 4.79 Å². The van der Waals surface area contributed by atoms with Crippen LogP contribution in [0, 0.1) is 0 Å². The van der Waals surface area contributed by atoms with E-state index in [2.05, 4.69) is 4.74 Å². The zero-order chi connectivity index (χ0) is 15.3. The van der Waals surface area contributed by atoms with E-state index in [1.54, 1.807) is 4.90 Å². The van der Waals surface area contributed by atoms with Crippen molar-refractivity contribution in [3.63, 3.8) is 0 Å². The van der Waals surface area contributed by atoms with Crippen molar-refractivity contribution in [2.24, 2.45) is 5.73 Å². The van der Waals surface area contributed by atoms with Crippen molar-refractivity contribution in [2.75, 3.05) is 39.8 Å². The first kappa shape index (κ1) is 16.7. The van der Waals surface area contributed by atoms with Gasteiger partial charge in [-0.25, -0.2) is 4.79 Å². The minimum Gasteiger partial charge on any atom is -0.468 e. The Morgan fingerprint density at radius 2 is 1.75 bits per heavy atom. The van der Waals surface area contributed by atoms with Crippen molar-refractivity contribution in [1.82, 2.24) is 9.80 Å². The van der Waals surface area contributed by atoms with Gasteiger partial charge in [-0.3, -0.25) is 9.69 Å². The molecule has 0 radical (unpaired) electrons. The molecule has 1 amide bonds. The second-order valence-electron chi connectivity index (χ2n) is 5.90. The first-order valence-electron chi connectivity index (χ1n) is 6.76. The highest BCUT2D eigenvalue weighted by atomic mass is 16.6. The Bertz CT molecular complexity index is 346. The number of nitrogens with two attached hydrogens (primary N) is 1. The van der Waals surface area contributed by atoms with Crippen molar-refractivity contribution in [1.29, 1.82) is 0 Å². The molecule has 0 aromatic rings. The van der Waals surface area contributed by atoms with Crippen molar-refractivity contribution < 1.29 is 19.1 Å². The zero-order valence-electron chi connectivity index (χ0n) is 12.7. The van der Waals surface area contributed by atoms with Gasteiger partial charge in [-0.1, -0.05) is 0 Å². The summed E-state index contributed by atoms with van der Waals surface area (Å²) in [5.41, 5.74) is 5.23. The molecule has 0 aromatic heterocycles. The third kappa shape index (κ3) is 5.34. The van der Waals surface area contributed by atoms with Crippen LogP contribution in [-0.2, 0) is 14.3 Å². The Labute approximate surface area is 120 Å². The van der Waals surface area contributed by atoms with Crippen molar-refractivity contribution >= 4 is 12.1 Å². The molecule has 1 rings (SSSR count). The molecule has 20 heavy (non-hydrogen) atoms. The number of hydrogen-bond acceptors (Lipinski definition) is 6. The van der Waals surface area contributed by atoms with Crippen LogP contribution in [0.15, 0.2) is 0 Å². The fourth-order valence-corrected chi connectivity index (χ4v) is 1.94. The number of hydrogen-bond donors (Lipinski definition) is 1. The minimum atomic E-state index is -0.645. The number of carbonyl (C=O) groups is 2. The lowest BCUT2D eigenvalue weighted by molar-refractivity contribution is -0.142. The summed E-state index contributed by atoms with van der Waals surface area (Å²) in [5, 5.41) is 0. The highest BCUT2D eigenvalue weighted by Gasteiger charge is 2.27. The Kier molecular flexibility index (Phi) is 5.76. The summed E-state index contributed by atoms with van der Waals surface area (Å²) in [5.74, 6) is -0.417. The Morgan fingerprint density at radius 1 is 1.20 bits per heavy atom. The number of methoxy groups -OCH3 is 1. The van der Waals surface area contributed by atoms with Gasteiger partial charge in [-0.2, -0.15) is 0 Å². The fraction of sp³-hybridized carbons (Fsp3) is 0.846. The number of carbonyl (C=O) groups excluding carboxylic acids is 2. The summed E-state index contributed by atoms with van der Waals surface area (Å²) in [6.45, 7) is 8.46. The maximum Gasteiger partial charge on any atom is 0.410 e. The smallest absolute Gasteiger partial charge is 0.410 e. The average Bonchev–Trinajstić information content (AvgIpc) is 2.36. The first-order valence-corrected chi connectivity index (χ1v) is 6.76. The van der Waals surface area contributed by atoms with E-state index in [0.717, 1.165) is 0 Å². The molecule has 1 heterocycles. The lowest BCUT2D eigenvalue weighted by Crippen LogP contribution is -2.53. The second-order valence-corrected chi connectivity index (χ2v) is 5.90. The van der Waals surface area contributed by atoms with Crippen LogP contribution < -0.4 is 5.73 Å². The Hall–Kier alpha value is -1.34. The molecule has 2 N–H and O–H groups in total. The highest BCUT2D eigenvalue weighted by Crippen LogP contribution is 2.11. The van der Waals surface area contributed by atoms with E-state index in [9.17, 15) is 9.59 Å². The summed E-state index contributed by atoms with van der Waals surface area (Å²) in [7, 11) is 1.32. The molecule has 1 unspecified atom stereocenters. The standard InChI is InChI=1S/C13H25N3O4/c1-13(2,3)20-12(18)16-7-5-15(6-8-16)9-10(14)11(17)19-4/h10H,5-9,14H2,1-4H3. The largest absolute Gasteiger partial charge is 0.468 e. The molecule has 1 saturated heterocycles. The Morgan fingerprint density at radius 3 is 2.20 bits per heavy atom. The van der Waals surface area contributed by atoms with Crippen LogP contribution >= 0.6 is 0 Å². The predicted octanol–water partition coefficient (Wildman–Crippen LogP) is 0.0394. The van der Waals surface area contributed by atoms with Crippen molar-refractivity contribution in [2.45, 2.75) is 32.4 Å². The molecule has 0 aromatic carbocycles. The zero-order valence-corrected chi connectivity index (χ0v) is 12.7. The van der Waals surface area contributed by atoms with Gasteiger partial charge in [0.25, 0.3) is 0 Å². The number of rotatable bonds is 3. The first-order chi connectivity index (χ1) is 9.23. The minimum absolute atomic E-state index is 0.297. The lowest BCUT2D eigenvalue weighted by atomic mass is 10.2. The van der Waals surface area contributed by atoms with Gasteiger partial charge >= 0.3 is 12.1 Å². The van der Waals surface area contributed by atoms with Gasteiger partial charge in [0.1, 0.15) is 11.6 Å². The molecule has 7 heteroatoms. The molecule has 116 valence electrons. The summed E-state index contributed by atoms with van der Waals surface area (Å²) in [6, 6.07) is -0.645. The van der Waals surface area contributed by atoms with Gasteiger partial charge < -0.3 is 20.1 Å². The number of piperazine rings is 1.